The van der Waals surface area contributed by atoms with Gasteiger partial charge in [0.25, 0.3) is 0 Å². The molecule has 0 aliphatic heterocycles. The fraction of sp³-hybridized carbons (Fsp3) is 0.625. The minimum atomic E-state index is 0.573. The van der Waals surface area contributed by atoms with Crippen molar-refractivity contribution in [1.29, 1.82) is 0 Å². The van der Waals surface area contributed by atoms with Gasteiger partial charge in [0.05, 0.1) is 5.69 Å². The number of nitrogens with zero attached hydrogens (tertiary/aromatic N) is 1. The number of H-pyrrole nitrogens is 1. The molecule has 0 fully saturated rings. The number of rotatable bonds is 4. The maximum Gasteiger partial charge on any atom is 0.150 e. The highest BCUT2D eigenvalue weighted by Gasteiger charge is 2.05. The second-order valence-corrected chi connectivity index (χ2v) is 3.10. The zero-order chi connectivity index (χ0) is 8.97. The Morgan fingerprint density at radius 2 is 2.25 bits per heavy atom. The number of aromatic nitrogens is 2. The lowest BCUT2D eigenvalue weighted by atomic mass is 10.3. The lowest BCUT2D eigenvalue weighted by Crippen LogP contribution is -2.03. The second kappa shape index (κ2) is 4.48. The standard InChI is InChI=1S/C8H14ClN3/c1-2-3-7-11-6(4-5-10)8(9)12-7/h2-5,10H2,1H3,(H,11,12). The van der Waals surface area contributed by atoms with Gasteiger partial charge in [0.15, 0.2) is 0 Å². The summed E-state index contributed by atoms with van der Waals surface area (Å²) in [6, 6.07) is 0. The summed E-state index contributed by atoms with van der Waals surface area (Å²) < 4.78 is 0. The van der Waals surface area contributed by atoms with Gasteiger partial charge in [-0.05, 0) is 13.0 Å². The summed E-state index contributed by atoms with van der Waals surface area (Å²) in [6.45, 7) is 2.71. The number of nitrogens with one attached hydrogen (secondary N) is 1. The molecule has 0 aliphatic carbocycles. The predicted octanol–water partition coefficient (Wildman–Crippen LogP) is 1.52. The number of nitrogens with two attached hydrogens (primary N) is 1. The monoisotopic (exact) mass is 187 g/mol. The molecule has 0 saturated carbocycles. The summed E-state index contributed by atoms with van der Waals surface area (Å²) in [5, 5.41) is 0.573. The molecule has 3 nitrogen and oxygen atoms in total. The van der Waals surface area contributed by atoms with Crippen LogP contribution in [0.4, 0.5) is 0 Å². The maximum absolute atomic E-state index is 5.86. The molecule has 0 bridgehead atoms. The van der Waals surface area contributed by atoms with Gasteiger partial charge in [0.2, 0.25) is 0 Å². The third-order valence-electron chi connectivity index (χ3n) is 1.66. The molecular weight excluding hydrogens is 174 g/mol. The van der Waals surface area contributed by atoms with E-state index in [1.54, 1.807) is 0 Å². The molecule has 0 unspecified atom stereocenters. The zero-order valence-corrected chi connectivity index (χ0v) is 7.99. The molecule has 0 saturated heterocycles. The highest BCUT2D eigenvalue weighted by atomic mass is 35.5. The number of hydrogen-bond donors (Lipinski definition) is 2. The first-order valence-electron chi connectivity index (χ1n) is 4.21. The van der Waals surface area contributed by atoms with Crippen molar-refractivity contribution in [3.05, 3.63) is 16.7 Å². The summed E-state index contributed by atoms with van der Waals surface area (Å²) in [5.41, 5.74) is 6.37. The average Bonchev–Trinajstić information content (AvgIpc) is 2.34. The highest BCUT2D eigenvalue weighted by molar-refractivity contribution is 6.30. The molecule has 0 amide bonds. The summed E-state index contributed by atoms with van der Waals surface area (Å²) in [4.78, 5) is 7.33. The van der Waals surface area contributed by atoms with Gasteiger partial charge in [-0.1, -0.05) is 18.5 Å². The smallest absolute Gasteiger partial charge is 0.150 e. The van der Waals surface area contributed by atoms with Gasteiger partial charge >= 0.3 is 0 Å². The van der Waals surface area contributed by atoms with Crippen LogP contribution < -0.4 is 5.73 Å². The van der Waals surface area contributed by atoms with Crippen LogP contribution in [0.2, 0.25) is 5.15 Å². The number of imidazole rings is 1. The van der Waals surface area contributed by atoms with E-state index in [4.69, 9.17) is 17.3 Å². The lowest BCUT2D eigenvalue weighted by molar-refractivity contribution is 0.844. The molecule has 0 aliphatic rings. The Bertz CT molecular complexity index is 244. The third kappa shape index (κ3) is 2.22. The first-order valence-corrected chi connectivity index (χ1v) is 4.59. The van der Waals surface area contributed by atoms with E-state index in [-0.39, 0.29) is 0 Å². The fourth-order valence-corrected chi connectivity index (χ4v) is 1.35. The second-order valence-electron chi connectivity index (χ2n) is 2.74. The van der Waals surface area contributed by atoms with Crippen LogP contribution in [0.25, 0.3) is 0 Å². The van der Waals surface area contributed by atoms with Gasteiger partial charge in [0, 0.05) is 12.8 Å². The zero-order valence-electron chi connectivity index (χ0n) is 7.23. The lowest BCUT2D eigenvalue weighted by Gasteiger charge is -1.92. The highest BCUT2D eigenvalue weighted by Crippen LogP contribution is 2.13. The van der Waals surface area contributed by atoms with E-state index in [9.17, 15) is 0 Å². The van der Waals surface area contributed by atoms with E-state index in [1.165, 1.54) is 0 Å². The van der Waals surface area contributed by atoms with Crippen LogP contribution in [0.1, 0.15) is 24.9 Å². The normalized spacial score (nSPS) is 10.6. The first kappa shape index (κ1) is 9.55. The largest absolute Gasteiger partial charge is 0.345 e. The molecule has 0 aromatic carbocycles. The Labute approximate surface area is 77.3 Å². The molecule has 1 aromatic rings. The Hall–Kier alpha value is -0.540. The van der Waals surface area contributed by atoms with Gasteiger partial charge in [-0.3, -0.25) is 0 Å². The number of aromatic amines is 1. The Morgan fingerprint density at radius 3 is 2.83 bits per heavy atom. The van der Waals surface area contributed by atoms with E-state index < -0.39 is 0 Å². The minimum Gasteiger partial charge on any atom is -0.345 e. The fourth-order valence-electron chi connectivity index (χ4n) is 1.10. The third-order valence-corrected chi connectivity index (χ3v) is 1.97. The molecule has 0 atom stereocenters. The van der Waals surface area contributed by atoms with Gasteiger partial charge in [-0.25, -0.2) is 4.98 Å². The quantitative estimate of drug-likeness (QED) is 0.751. The number of halogens is 1. The molecule has 0 spiro atoms. The first-order chi connectivity index (χ1) is 5.77. The van der Waals surface area contributed by atoms with Gasteiger partial charge in [-0.2, -0.15) is 0 Å². The van der Waals surface area contributed by atoms with Crippen molar-refractivity contribution in [3.8, 4) is 0 Å². The van der Waals surface area contributed by atoms with Crippen molar-refractivity contribution in [2.24, 2.45) is 5.73 Å². The van der Waals surface area contributed by atoms with Crippen molar-refractivity contribution in [2.45, 2.75) is 26.2 Å². The SMILES string of the molecule is CCCc1nc(Cl)c(CCN)[nH]1. The van der Waals surface area contributed by atoms with E-state index in [0.717, 1.165) is 30.8 Å². The van der Waals surface area contributed by atoms with Crippen molar-refractivity contribution in [3.63, 3.8) is 0 Å². The maximum atomic E-state index is 5.86. The van der Waals surface area contributed by atoms with Crippen LogP contribution in [0.15, 0.2) is 0 Å². The minimum absolute atomic E-state index is 0.573. The molecule has 3 N–H and O–H groups in total. The van der Waals surface area contributed by atoms with Crippen molar-refractivity contribution in [2.75, 3.05) is 6.54 Å². The van der Waals surface area contributed by atoms with E-state index in [2.05, 4.69) is 16.9 Å². The molecule has 0 radical (unpaired) electrons. The van der Waals surface area contributed by atoms with Crippen molar-refractivity contribution >= 4 is 11.6 Å². The van der Waals surface area contributed by atoms with Crippen LogP contribution in [-0.2, 0) is 12.8 Å². The summed E-state index contributed by atoms with van der Waals surface area (Å²) in [5.74, 6) is 0.964. The van der Waals surface area contributed by atoms with Gasteiger partial charge < -0.3 is 10.7 Å². The van der Waals surface area contributed by atoms with E-state index >= 15 is 0 Å². The average molecular weight is 188 g/mol. The molecule has 1 aromatic heterocycles. The molecule has 1 heterocycles. The van der Waals surface area contributed by atoms with Crippen molar-refractivity contribution < 1.29 is 0 Å². The van der Waals surface area contributed by atoms with Crippen molar-refractivity contribution in [1.82, 2.24) is 9.97 Å². The number of aryl methyl sites for hydroxylation is 1. The Balaban J connectivity index is 2.70. The van der Waals surface area contributed by atoms with E-state index in [1.807, 2.05) is 0 Å². The molecule has 12 heavy (non-hydrogen) atoms. The van der Waals surface area contributed by atoms with Gasteiger partial charge in [-0.15, -0.1) is 0 Å². The molecule has 1 rings (SSSR count). The van der Waals surface area contributed by atoms with Crippen LogP contribution in [0.3, 0.4) is 0 Å². The van der Waals surface area contributed by atoms with Crippen LogP contribution in [-0.4, -0.2) is 16.5 Å². The Morgan fingerprint density at radius 1 is 1.50 bits per heavy atom. The topological polar surface area (TPSA) is 54.7 Å². The van der Waals surface area contributed by atoms with Crippen LogP contribution >= 0.6 is 11.6 Å². The summed E-state index contributed by atoms with van der Waals surface area (Å²) in [7, 11) is 0. The number of hydrogen-bond acceptors (Lipinski definition) is 2. The Kier molecular flexibility index (Phi) is 3.56. The molecule has 4 heteroatoms. The molecular formula is C8H14ClN3. The molecule has 68 valence electrons. The predicted molar refractivity (Wildman–Crippen MR) is 50.4 cm³/mol. The van der Waals surface area contributed by atoms with Crippen LogP contribution in [0, 0.1) is 0 Å². The van der Waals surface area contributed by atoms with Crippen LogP contribution in [0.5, 0.6) is 0 Å². The van der Waals surface area contributed by atoms with Gasteiger partial charge in [0.1, 0.15) is 11.0 Å². The van der Waals surface area contributed by atoms with E-state index in [0.29, 0.717) is 11.7 Å². The summed E-state index contributed by atoms with van der Waals surface area (Å²) in [6.07, 6.45) is 2.80. The summed E-state index contributed by atoms with van der Waals surface area (Å²) >= 11 is 5.86.